The van der Waals surface area contributed by atoms with Crippen LogP contribution in [-0.2, 0) is 19.4 Å². The number of hydrogen-bond acceptors (Lipinski definition) is 4. The fourth-order valence-corrected chi connectivity index (χ4v) is 4.98. The first kappa shape index (κ1) is 18.9. The number of aromatic nitrogens is 2. The summed E-state index contributed by atoms with van der Waals surface area (Å²) in [7, 11) is 0. The quantitative estimate of drug-likeness (QED) is 0.829. The summed E-state index contributed by atoms with van der Waals surface area (Å²) in [6.45, 7) is 9.48. The molecule has 3 aliphatic rings. The number of fused-ring (bicyclic) bond motifs is 1. The first-order valence-corrected chi connectivity index (χ1v) is 11.1. The Morgan fingerprint density at radius 1 is 1.11 bits per heavy atom. The van der Waals surface area contributed by atoms with Crippen LogP contribution in [0.2, 0.25) is 0 Å². The Bertz CT molecular complexity index is 643. The number of piperidine rings is 1. The number of nitrogens with one attached hydrogen (secondary N) is 1. The van der Waals surface area contributed by atoms with Crippen LogP contribution >= 0.6 is 0 Å². The Kier molecular flexibility index (Phi) is 6.13. The Hall–Kier alpha value is -1.40. The van der Waals surface area contributed by atoms with E-state index in [0.29, 0.717) is 6.04 Å². The third-order valence-electron chi connectivity index (χ3n) is 6.55. The molecule has 6 heteroatoms. The van der Waals surface area contributed by atoms with Gasteiger partial charge in [0, 0.05) is 50.0 Å². The maximum absolute atomic E-state index is 13.0. The van der Waals surface area contributed by atoms with Crippen molar-refractivity contribution >= 4 is 5.91 Å². The standard InChI is InChI=1S/C21H35N5O/c1-2-26-19-9-8-17(22-10-15-24-11-4-3-5-12-24)16-18(19)20(23-26)21(27)25-13-6-7-14-25/h17,22H,2-16H2,1H3/t17-/m1/s1. The summed E-state index contributed by atoms with van der Waals surface area (Å²) in [5.74, 6) is 0.157. The lowest BCUT2D eigenvalue weighted by molar-refractivity contribution is 0.0785. The van der Waals surface area contributed by atoms with Crippen molar-refractivity contribution in [3.8, 4) is 0 Å². The summed E-state index contributed by atoms with van der Waals surface area (Å²) in [5, 5.41) is 8.50. The second-order valence-corrected chi connectivity index (χ2v) is 8.39. The lowest BCUT2D eigenvalue weighted by Crippen LogP contribution is -2.41. The SMILES string of the molecule is CCn1nc(C(=O)N2CCCC2)c2c1CC[C@@H](NCCN1CCCCC1)C2. The van der Waals surface area contributed by atoms with Gasteiger partial charge in [-0.25, -0.2) is 0 Å². The van der Waals surface area contributed by atoms with Gasteiger partial charge in [-0.3, -0.25) is 9.48 Å². The van der Waals surface area contributed by atoms with E-state index in [4.69, 9.17) is 5.10 Å². The predicted octanol–water partition coefficient (Wildman–Crippen LogP) is 2.07. The fourth-order valence-electron chi connectivity index (χ4n) is 4.98. The molecule has 150 valence electrons. The maximum Gasteiger partial charge on any atom is 0.274 e. The summed E-state index contributed by atoms with van der Waals surface area (Å²) in [5.41, 5.74) is 3.25. The highest BCUT2D eigenvalue weighted by Gasteiger charge is 2.31. The number of amides is 1. The average Bonchev–Trinajstić information content (AvgIpc) is 3.36. The zero-order valence-corrected chi connectivity index (χ0v) is 16.9. The molecule has 3 heterocycles. The van der Waals surface area contributed by atoms with Gasteiger partial charge < -0.3 is 15.1 Å². The first-order chi connectivity index (χ1) is 13.3. The van der Waals surface area contributed by atoms with Crippen LogP contribution in [0.15, 0.2) is 0 Å². The highest BCUT2D eigenvalue weighted by atomic mass is 16.2. The second-order valence-electron chi connectivity index (χ2n) is 8.39. The van der Waals surface area contributed by atoms with Crippen molar-refractivity contribution in [1.29, 1.82) is 0 Å². The molecule has 0 aromatic carbocycles. The lowest BCUT2D eigenvalue weighted by atomic mass is 9.91. The Labute approximate surface area is 163 Å². The van der Waals surface area contributed by atoms with E-state index in [0.717, 1.165) is 70.5 Å². The van der Waals surface area contributed by atoms with Crippen LogP contribution in [0.1, 0.15) is 67.2 Å². The van der Waals surface area contributed by atoms with Crippen LogP contribution < -0.4 is 5.32 Å². The molecule has 4 rings (SSSR count). The maximum atomic E-state index is 13.0. The minimum atomic E-state index is 0.157. The summed E-state index contributed by atoms with van der Waals surface area (Å²) in [6, 6.07) is 0.474. The zero-order valence-electron chi connectivity index (χ0n) is 16.9. The summed E-state index contributed by atoms with van der Waals surface area (Å²) < 4.78 is 2.07. The van der Waals surface area contributed by atoms with Gasteiger partial charge in [0.2, 0.25) is 0 Å². The molecule has 1 atom stereocenters. The minimum absolute atomic E-state index is 0.157. The largest absolute Gasteiger partial charge is 0.337 e. The van der Waals surface area contributed by atoms with Crippen molar-refractivity contribution in [3.05, 3.63) is 17.0 Å². The molecule has 1 N–H and O–H groups in total. The number of nitrogens with zero attached hydrogens (tertiary/aromatic N) is 4. The Morgan fingerprint density at radius 2 is 1.85 bits per heavy atom. The number of carbonyl (C=O) groups is 1. The smallest absolute Gasteiger partial charge is 0.274 e. The van der Waals surface area contributed by atoms with Gasteiger partial charge in [-0.15, -0.1) is 0 Å². The fraction of sp³-hybridized carbons (Fsp3) is 0.810. The van der Waals surface area contributed by atoms with Crippen LogP contribution in [0.25, 0.3) is 0 Å². The molecule has 0 spiro atoms. The number of likely N-dealkylation sites (tertiary alicyclic amines) is 2. The molecule has 1 aromatic heterocycles. The monoisotopic (exact) mass is 373 g/mol. The zero-order chi connectivity index (χ0) is 18.6. The van der Waals surface area contributed by atoms with Gasteiger partial charge in [0.05, 0.1) is 0 Å². The van der Waals surface area contributed by atoms with Gasteiger partial charge in [-0.1, -0.05) is 6.42 Å². The molecule has 2 fully saturated rings. The first-order valence-electron chi connectivity index (χ1n) is 11.1. The summed E-state index contributed by atoms with van der Waals surface area (Å²) >= 11 is 0. The number of rotatable bonds is 6. The van der Waals surface area contributed by atoms with Crippen molar-refractivity contribution in [1.82, 2.24) is 24.9 Å². The molecule has 27 heavy (non-hydrogen) atoms. The van der Waals surface area contributed by atoms with Crippen molar-refractivity contribution in [2.75, 3.05) is 39.3 Å². The molecule has 2 aliphatic heterocycles. The average molecular weight is 374 g/mol. The van der Waals surface area contributed by atoms with Gasteiger partial charge in [-0.05, 0) is 65.0 Å². The molecule has 1 amide bonds. The van der Waals surface area contributed by atoms with E-state index in [1.165, 1.54) is 43.6 Å². The van der Waals surface area contributed by atoms with Crippen LogP contribution in [0, 0.1) is 0 Å². The summed E-state index contributed by atoms with van der Waals surface area (Å²) in [4.78, 5) is 17.6. The molecular formula is C21H35N5O. The van der Waals surface area contributed by atoms with E-state index in [-0.39, 0.29) is 5.91 Å². The molecule has 0 saturated carbocycles. The van der Waals surface area contributed by atoms with Crippen LogP contribution in [-0.4, -0.2) is 70.8 Å². The molecule has 6 nitrogen and oxygen atoms in total. The molecular weight excluding hydrogens is 338 g/mol. The van der Waals surface area contributed by atoms with Crippen molar-refractivity contribution in [3.63, 3.8) is 0 Å². The highest BCUT2D eigenvalue weighted by Crippen LogP contribution is 2.27. The van der Waals surface area contributed by atoms with E-state index >= 15 is 0 Å². The summed E-state index contributed by atoms with van der Waals surface area (Å²) in [6.07, 6.45) is 9.48. The number of aryl methyl sites for hydroxylation is 1. The van der Waals surface area contributed by atoms with Crippen molar-refractivity contribution in [2.45, 2.75) is 70.9 Å². The molecule has 0 unspecified atom stereocenters. The predicted molar refractivity (Wildman–Crippen MR) is 107 cm³/mol. The highest BCUT2D eigenvalue weighted by molar-refractivity contribution is 5.94. The molecule has 1 aliphatic carbocycles. The van der Waals surface area contributed by atoms with Crippen LogP contribution in [0.3, 0.4) is 0 Å². The molecule has 1 aromatic rings. The van der Waals surface area contributed by atoms with Gasteiger partial charge >= 0.3 is 0 Å². The molecule has 2 saturated heterocycles. The van der Waals surface area contributed by atoms with Crippen molar-refractivity contribution < 1.29 is 4.79 Å². The van der Waals surface area contributed by atoms with Crippen LogP contribution in [0.4, 0.5) is 0 Å². The molecule has 0 radical (unpaired) electrons. The van der Waals surface area contributed by atoms with Gasteiger partial charge in [0.25, 0.3) is 5.91 Å². The number of hydrogen-bond donors (Lipinski definition) is 1. The van der Waals surface area contributed by atoms with E-state index in [9.17, 15) is 4.79 Å². The lowest BCUT2D eigenvalue weighted by Gasteiger charge is -2.29. The third kappa shape index (κ3) is 4.21. The van der Waals surface area contributed by atoms with Gasteiger partial charge in [0.1, 0.15) is 0 Å². The molecule has 0 bridgehead atoms. The van der Waals surface area contributed by atoms with Gasteiger partial charge in [-0.2, -0.15) is 5.10 Å². The van der Waals surface area contributed by atoms with E-state index in [1.54, 1.807) is 0 Å². The minimum Gasteiger partial charge on any atom is -0.337 e. The van der Waals surface area contributed by atoms with E-state index < -0.39 is 0 Å². The van der Waals surface area contributed by atoms with Crippen LogP contribution in [0.5, 0.6) is 0 Å². The normalized spacial score (nSPS) is 23.6. The van der Waals surface area contributed by atoms with Crippen molar-refractivity contribution in [2.24, 2.45) is 0 Å². The van der Waals surface area contributed by atoms with E-state index in [1.807, 2.05) is 4.90 Å². The third-order valence-corrected chi connectivity index (χ3v) is 6.55. The number of carbonyl (C=O) groups excluding carboxylic acids is 1. The van der Waals surface area contributed by atoms with Gasteiger partial charge in [0.15, 0.2) is 5.69 Å². The Morgan fingerprint density at radius 3 is 2.59 bits per heavy atom. The Balaban J connectivity index is 1.39. The topological polar surface area (TPSA) is 53.4 Å². The second kappa shape index (κ2) is 8.74. The van der Waals surface area contributed by atoms with E-state index in [2.05, 4.69) is 21.8 Å².